The number of alkyl carbamates (subject to hydrolysis) is 1. The number of carbonyl (C=O) groups is 3. The van der Waals surface area contributed by atoms with Crippen LogP contribution in [0.3, 0.4) is 0 Å². The molecule has 2 atom stereocenters. The Morgan fingerprint density at radius 1 is 1.14 bits per heavy atom. The summed E-state index contributed by atoms with van der Waals surface area (Å²) >= 11 is 0. The van der Waals surface area contributed by atoms with Gasteiger partial charge in [-0.15, -0.1) is 0 Å². The highest BCUT2D eigenvalue weighted by molar-refractivity contribution is 5.92. The quantitative estimate of drug-likeness (QED) is 0.441. The minimum absolute atomic E-state index is 0.0760. The van der Waals surface area contributed by atoms with Gasteiger partial charge in [0.25, 0.3) is 0 Å². The number of ether oxygens (including phenoxy) is 1. The van der Waals surface area contributed by atoms with Gasteiger partial charge in [0.1, 0.15) is 23.4 Å². The first kappa shape index (κ1) is 29.5. The van der Waals surface area contributed by atoms with Gasteiger partial charge in [-0.25, -0.2) is 4.79 Å². The molecule has 0 saturated heterocycles. The van der Waals surface area contributed by atoms with E-state index in [-0.39, 0.29) is 36.1 Å². The van der Waals surface area contributed by atoms with Crippen LogP contribution >= 0.6 is 0 Å². The molecule has 2 unspecified atom stereocenters. The van der Waals surface area contributed by atoms with E-state index in [2.05, 4.69) is 10.6 Å². The summed E-state index contributed by atoms with van der Waals surface area (Å²) in [4.78, 5) is 41.7. The number of phenols is 1. The molecule has 0 spiro atoms. The molecule has 1 fully saturated rings. The topological polar surface area (TPSA) is 108 Å². The molecule has 0 bridgehead atoms. The summed E-state index contributed by atoms with van der Waals surface area (Å²) in [7, 11) is 0. The second-order valence-corrected chi connectivity index (χ2v) is 11.2. The van der Waals surface area contributed by atoms with Crippen molar-refractivity contribution in [2.45, 2.75) is 111 Å². The van der Waals surface area contributed by atoms with Gasteiger partial charge in [-0.3, -0.25) is 9.59 Å². The fourth-order valence-corrected chi connectivity index (χ4v) is 4.66. The summed E-state index contributed by atoms with van der Waals surface area (Å²) in [5.74, 6) is -0.337. The Balaban J connectivity index is 2.40. The first-order valence-corrected chi connectivity index (χ1v) is 13.2. The lowest BCUT2D eigenvalue weighted by Gasteiger charge is -2.35. The first-order chi connectivity index (χ1) is 16.8. The van der Waals surface area contributed by atoms with Crippen LogP contribution in [0.1, 0.15) is 97.2 Å². The fourth-order valence-electron chi connectivity index (χ4n) is 4.66. The van der Waals surface area contributed by atoms with Crippen molar-refractivity contribution in [2.24, 2.45) is 5.92 Å². The Morgan fingerprint density at radius 3 is 2.31 bits per heavy atom. The maximum Gasteiger partial charge on any atom is 0.408 e. The number of amides is 3. The summed E-state index contributed by atoms with van der Waals surface area (Å²) in [6.45, 7) is 13.1. The van der Waals surface area contributed by atoms with Crippen LogP contribution < -0.4 is 10.6 Å². The van der Waals surface area contributed by atoms with E-state index in [4.69, 9.17) is 4.74 Å². The Kier molecular flexibility index (Phi) is 10.6. The van der Waals surface area contributed by atoms with Gasteiger partial charge in [0.05, 0.1) is 0 Å². The molecule has 3 amide bonds. The number of aromatic hydroxyl groups is 1. The number of rotatable bonds is 9. The van der Waals surface area contributed by atoms with E-state index in [0.717, 1.165) is 25.7 Å². The van der Waals surface area contributed by atoms with Crippen LogP contribution in [-0.2, 0) is 14.3 Å². The molecule has 8 heteroatoms. The van der Waals surface area contributed by atoms with Crippen LogP contribution in [0.15, 0.2) is 18.2 Å². The van der Waals surface area contributed by atoms with Gasteiger partial charge in [0.15, 0.2) is 0 Å². The summed E-state index contributed by atoms with van der Waals surface area (Å²) in [5.41, 5.74) is 0.540. The smallest absolute Gasteiger partial charge is 0.408 e. The lowest BCUT2D eigenvalue weighted by Crippen LogP contribution is -2.54. The maximum atomic E-state index is 13.9. The van der Waals surface area contributed by atoms with Crippen molar-refractivity contribution in [3.63, 3.8) is 0 Å². The van der Waals surface area contributed by atoms with Crippen molar-refractivity contribution in [3.8, 4) is 5.75 Å². The van der Waals surface area contributed by atoms with Gasteiger partial charge >= 0.3 is 6.09 Å². The Bertz CT molecular complexity index is 903. The lowest BCUT2D eigenvalue weighted by atomic mass is 9.94. The standard InChI is InChI=1S/C28H45N3O5/c1-8-31(26(34)22(16-18(2)3)30-27(35)36-28(5,6)7)24(20-14-15-23(32)19(4)17-20)25(33)29-21-12-10-9-11-13-21/h14-15,17-18,21-22,24,32H,8-13,16H2,1-7H3,(H,29,33)(H,30,35). The lowest BCUT2D eigenvalue weighted by molar-refractivity contribution is -0.142. The highest BCUT2D eigenvalue weighted by Crippen LogP contribution is 2.28. The van der Waals surface area contributed by atoms with Crippen molar-refractivity contribution in [1.29, 1.82) is 0 Å². The predicted molar refractivity (Wildman–Crippen MR) is 141 cm³/mol. The molecule has 36 heavy (non-hydrogen) atoms. The molecule has 202 valence electrons. The summed E-state index contributed by atoms with van der Waals surface area (Å²) in [5, 5.41) is 16.0. The van der Waals surface area contributed by atoms with Gasteiger partial charge in [0, 0.05) is 12.6 Å². The minimum atomic E-state index is -0.890. The van der Waals surface area contributed by atoms with Crippen molar-refractivity contribution in [1.82, 2.24) is 15.5 Å². The number of hydrogen-bond acceptors (Lipinski definition) is 5. The number of benzene rings is 1. The molecule has 2 rings (SSSR count). The van der Waals surface area contributed by atoms with E-state index in [1.165, 1.54) is 11.3 Å². The Labute approximate surface area is 216 Å². The second kappa shape index (κ2) is 13.0. The van der Waals surface area contributed by atoms with Crippen LogP contribution in [0.5, 0.6) is 5.75 Å². The normalized spacial score (nSPS) is 16.2. The van der Waals surface area contributed by atoms with Gasteiger partial charge in [-0.2, -0.15) is 0 Å². The van der Waals surface area contributed by atoms with Crippen molar-refractivity contribution in [3.05, 3.63) is 29.3 Å². The van der Waals surface area contributed by atoms with Crippen LogP contribution in [-0.4, -0.2) is 52.1 Å². The second-order valence-electron chi connectivity index (χ2n) is 11.2. The van der Waals surface area contributed by atoms with Crippen molar-refractivity contribution >= 4 is 17.9 Å². The van der Waals surface area contributed by atoms with Crippen LogP contribution in [0.25, 0.3) is 0 Å². The predicted octanol–water partition coefficient (Wildman–Crippen LogP) is 4.98. The fraction of sp³-hybridized carbons (Fsp3) is 0.679. The number of nitrogens with zero attached hydrogens (tertiary/aromatic N) is 1. The molecule has 3 N–H and O–H groups in total. The molecule has 0 aliphatic heterocycles. The molecule has 1 aliphatic carbocycles. The van der Waals surface area contributed by atoms with E-state index >= 15 is 0 Å². The SMILES string of the molecule is CCN(C(=O)C(CC(C)C)NC(=O)OC(C)(C)C)C(C(=O)NC1CCCCC1)c1ccc(O)c(C)c1. The first-order valence-electron chi connectivity index (χ1n) is 13.2. The minimum Gasteiger partial charge on any atom is -0.508 e. The monoisotopic (exact) mass is 503 g/mol. The van der Waals surface area contributed by atoms with Gasteiger partial charge in [-0.1, -0.05) is 39.2 Å². The molecule has 0 radical (unpaired) electrons. The van der Waals surface area contributed by atoms with E-state index in [1.807, 2.05) is 20.8 Å². The maximum absolute atomic E-state index is 13.9. The third-order valence-corrected chi connectivity index (χ3v) is 6.37. The van der Waals surface area contributed by atoms with Crippen LogP contribution in [0.4, 0.5) is 4.79 Å². The van der Waals surface area contributed by atoms with Crippen LogP contribution in [0.2, 0.25) is 0 Å². The molecule has 1 aromatic carbocycles. The zero-order valence-corrected chi connectivity index (χ0v) is 23.0. The van der Waals surface area contributed by atoms with Gasteiger partial charge in [-0.05, 0) is 83.1 Å². The highest BCUT2D eigenvalue weighted by Gasteiger charge is 2.36. The number of aryl methyl sites for hydroxylation is 1. The van der Waals surface area contributed by atoms with Crippen molar-refractivity contribution < 1.29 is 24.2 Å². The summed E-state index contributed by atoms with van der Waals surface area (Å²) in [6.07, 6.45) is 4.88. The van der Waals surface area contributed by atoms with Crippen LogP contribution in [0, 0.1) is 12.8 Å². The summed E-state index contributed by atoms with van der Waals surface area (Å²) < 4.78 is 5.41. The third-order valence-electron chi connectivity index (χ3n) is 6.37. The van der Waals surface area contributed by atoms with Crippen molar-refractivity contribution in [2.75, 3.05) is 6.54 Å². The average molecular weight is 504 g/mol. The third kappa shape index (κ3) is 8.71. The molecular weight excluding hydrogens is 458 g/mol. The average Bonchev–Trinajstić information content (AvgIpc) is 2.77. The molecule has 1 aromatic rings. The molecule has 1 aliphatic rings. The molecule has 8 nitrogen and oxygen atoms in total. The number of hydrogen-bond donors (Lipinski definition) is 3. The number of likely N-dealkylation sites (N-methyl/N-ethyl adjacent to an activating group) is 1. The molecule has 0 aromatic heterocycles. The van der Waals surface area contributed by atoms with E-state index in [1.54, 1.807) is 45.9 Å². The van der Waals surface area contributed by atoms with Gasteiger partial charge < -0.3 is 25.4 Å². The van der Waals surface area contributed by atoms with Gasteiger partial charge in [0.2, 0.25) is 11.8 Å². The number of nitrogens with one attached hydrogen (secondary N) is 2. The Morgan fingerprint density at radius 2 is 1.78 bits per heavy atom. The number of phenolic OH excluding ortho intramolecular Hbond substituents is 1. The Hall–Kier alpha value is -2.77. The van der Waals surface area contributed by atoms with E-state index < -0.39 is 23.8 Å². The largest absolute Gasteiger partial charge is 0.508 e. The molecular formula is C28H45N3O5. The molecule has 0 heterocycles. The van der Waals surface area contributed by atoms with E-state index in [0.29, 0.717) is 17.5 Å². The summed E-state index contributed by atoms with van der Waals surface area (Å²) in [6, 6.07) is 3.32. The van der Waals surface area contributed by atoms with E-state index in [9.17, 15) is 19.5 Å². The molecule has 1 saturated carbocycles. The zero-order valence-electron chi connectivity index (χ0n) is 23.0. The number of carbonyl (C=O) groups excluding carboxylic acids is 3. The zero-order chi connectivity index (χ0) is 27.0. The highest BCUT2D eigenvalue weighted by atomic mass is 16.6.